The van der Waals surface area contributed by atoms with Gasteiger partial charge in [0.1, 0.15) is 10.7 Å². The fourth-order valence-corrected chi connectivity index (χ4v) is 4.18. The summed E-state index contributed by atoms with van der Waals surface area (Å²) in [5.41, 5.74) is 1.89. The molecule has 2 N–H and O–H groups in total. The van der Waals surface area contributed by atoms with Gasteiger partial charge >= 0.3 is 6.18 Å². The maximum Gasteiger partial charge on any atom is 0.425 e. The number of hydrogen-bond acceptors (Lipinski definition) is 3. The second kappa shape index (κ2) is 6.67. The van der Waals surface area contributed by atoms with Crippen LogP contribution in [-0.2, 0) is 11.0 Å². The number of imidazole rings is 1. The molecule has 3 aromatic rings. The van der Waals surface area contributed by atoms with E-state index in [2.05, 4.69) is 15.3 Å². The zero-order valence-electron chi connectivity index (χ0n) is 14.5. The van der Waals surface area contributed by atoms with E-state index in [4.69, 9.17) is 0 Å². The highest BCUT2D eigenvalue weighted by Crippen LogP contribution is 2.48. The van der Waals surface area contributed by atoms with Crippen molar-refractivity contribution in [1.82, 2.24) is 15.3 Å². The molecule has 0 saturated heterocycles. The summed E-state index contributed by atoms with van der Waals surface area (Å²) in [7, 11) is 0. The lowest BCUT2D eigenvalue weighted by Crippen LogP contribution is -2.26. The normalized spacial score (nSPS) is 20.6. The Kier molecular flexibility index (Phi) is 4.46. The number of para-hydroxylation sites is 2. The molecule has 2 heterocycles. The van der Waals surface area contributed by atoms with Crippen LogP contribution in [0.2, 0.25) is 0 Å². The Balaban J connectivity index is 1.33. The molecule has 27 heavy (non-hydrogen) atoms. The molecule has 2 aromatic heterocycles. The third-order valence-electron chi connectivity index (χ3n) is 4.84. The third kappa shape index (κ3) is 3.85. The van der Waals surface area contributed by atoms with Gasteiger partial charge in [-0.3, -0.25) is 4.79 Å². The van der Waals surface area contributed by atoms with Crippen LogP contribution in [0.5, 0.6) is 0 Å². The van der Waals surface area contributed by atoms with Crippen LogP contribution in [0.1, 0.15) is 47.3 Å². The van der Waals surface area contributed by atoms with Gasteiger partial charge in [-0.05, 0) is 43.5 Å². The Hall–Kier alpha value is -2.35. The third-order valence-corrected chi connectivity index (χ3v) is 6.15. The number of nitrogens with one attached hydrogen (secondary N) is 2. The van der Waals surface area contributed by atoms with Crippen molar-refractivity contribution in [3.8, 4) is 0 Å². The Morgan fingerprint density at radius 1 is 1.33 bits per heavy atom. The average Bonchev–Trinajstić information content (AvgIpc) is 3.03. The van der Waals surface area contributed by atoms with Crippen LogP contribution in [0.3, 0.4) is 0 Å². The first-order chi connectivity index (χ1) is 12.8. The maximum atomic E-state index is 12.7. The number of thiophene rings is 1. The first kappa shape index (κ1) is 18.0. The molecule has 0 spiro atoms. The van der Waals surface area contributed by atoms with E-state index < -0.39 is 17.1 Å². The zero-order valence-corrected chi connectivity index (χ0v) is 15.3. The van der Waals surface area contributed by atoms with Gasteiger partial charge < -0.3 is 10.3 Å². The monoisotopic (exact) mass is 393 g/mol. The van der Waals surface area contributed by atoms with Crippen LogP contribution in [0.25, 0.3) is 11.0 Å². The number of alkyl halides is 3. The van der Waals surface area contributed by atoms with Gasteiger partial charge in [0.15, 0.2) is 0 Å². The standard InChI is InChI=1S/C19H18F3N3OS/c1-10(15-6-7-16(27-15)19(20,21)22)23-17(26)9-11-8-12(11)18-24-13-4-2-3-5-14(13)25-18/h2-7,10-12H,8-9H2,1H3,(H,23,26)(H,24,25)/t10-,11-,12-/m1/s1. The van der Waals surface area contributed by atoms with E-state index in [0.29, 0.717) is 22.6 Å². The van der Waals surface area contributed by atoms with Gasteiger partial charge in [0.05, 0.1) is 17.1 Å². The van der Waals surface area contributed by atoms with E-state index in [-0.39, 0.29) is 17.7 Å². The molecule has 1 saturated carbocycles. The highest BCUT2D eigenvalue weighted by molar-refractivity contribution is 7.12. The van der Waals surface area contributed by atoms with Crippen molar-refractivity contribution in [1.29, 1.82) is 0 Å². The van der Waals surface area contributed by atoms with E-state index in [9.17, 15) is 18.0 Å². The van der Waals surface area contributed by atoms with Crippen molar-refractivity contribution in [2.45, 2.75) is 37.9 Å². The first-order valence-electron chi connectivity index (χ1n) is 8.72. The predicted molar refractivity (Wildman–Crippen MR) is 97.4 cm³/mol. The average molecular weight is 393 g/mol. The van der Waals surface area contributed by atoms with E-state index in [0.717, 1.165) is 29.3 Å². The summed E-state index contributed by atoms with van der Waals surface area (Å²) in [5, 5.41) is 2.80. The molecular formula is C19H18F3N3OS. The Morgan fingerprint density at radius 2 is 2.11 bits per heavy atom. The van der Waals surface area contributed by atoms with Crippen LogP contribution < -0.4 is 5.32 Å². The lowest BCUT2D eigenvalue weighted by Gasteiger charge is -2.12. The number of nitrogens with zero attached hydrogens (tertiary/aromatic N) is 1. The highest BCUT2D eigenvalue weighted by Gasteiger charge is 2.42. The molecule has 142 valence electrons. The zero-order chi connectivity index (χ0) is 19.2. The SMILES string of the molecule is C[C@@H](NC(=O)C[C@H]1C[C@H]1c1nc2ccccc2[nH]1)c1ccc(C(F)(F)F)s1. The van der Waals surface area contributed by atoms with E-state index in [1.807, 2.05) is 24.3 Å². The molecule has 0 aliphatic heterocycles. The van der Waals surface area contributed by atoms with E-state index in [1.54, 1.807) is 6.92 Å². The molecule has 1 amide bonds. The molecule has 3 atom stereocenters. The number of benzene rings is 1. The molecule has 0 radical (unpaired) electrons. The van der Waals surface area contributed by atoms with Gasteiger partial charge in [-0.2, -0.15) is 13.2 Å². The van der Waals surface area contributed by atoms with E-state index in [1.165, 1.54) is 6.07 Å². The van der Waals surface area contributed by atoms with Crippen LogP contribution in [0, 0.1) is 5.92 Å². The van der Waals surface area contributed by atoms with Crippen molar-refractivity contribution in [3.05, 3.63) is 52.0 Å². The minimum Gasteiger partial charge on any atom is -0.349 e. The van der Waals surface area contributed by atoms with Crippen LogP contribution in [0.15, 0.2) is 36.4 Å². The summed E-state index contributed by atoms with van der Waals surface area (Å²) in [5.74, 6) is 1.20. The molecule has 1 aromatic carbocycles. The van der Waals surface area contributed by atoms with Gasteiger partial charge in [-0.1, -0.05) is 12.1 Å². The summed E-state index contributed by atoms with van der Waals surface area (Å²) in [6, 6.07) is 9.82. The largest absolute Gasteiger partial charge is 0.425 e. The van der Waals surface area contributed by atoms with Crippen LogP contribution in [-0.4, -0.2) is 15.9 Å². The Morgan fingerprint density at radius 3 is 2.81 bits per heavy atom. The number of hydrogen-bond donors (Lipinski definition) is 2. The topological polar surface area (TPSA) is 57.8 Å². The number of rotatable bonds is 5. The van der Waals surface area contributed by atoms with Gasteiger partial charge in [0, 0.05) is 17.2 Å². The lowest BCUT2D eigenvalue weighted by atomic mass is 10.2. The number of fused-ring (bicyclic) bond motifs is 1. The molecule has 1 aliphatic rings. The smallest absolute Gasteiger partial charge is 0.349 e. The van der Waals surface area contributed by atoms with Crippen molar-refractivity contribution >= 4 is 28.3 Å². The number of aromatic nitrogens is 2. The fourth-order valence-electron chi connectivity index (χ4n) is 3.30. The molecule has 4 nitrogen and oxygen atoms in total. The predicted octanol–water partition coefficient (Wildman–Crippen LogP) is 5.01. The Labute approximate surface area is 157 Å². The molecule has 1 aliphatic carbocycles. The molecule has 0 unspecified atom stereocenters. The summed E-state index contributed by atoms with van der Waals surface area (Å²) >= 11 is 0.669. The van der Waals surface area contributed by atoms with Crippen LogP contribution in [0.4, 0.5) is 13.2 Å². The Bertz CT molecular complexity index is 945. The van der Waals surface area contributed by atoms with Crippen molar-refractivity contribution in [3.63, 3.8) is 0 Å². The summed E-state index contributed by atoms with van der Waals surface area (Å²) < 4.78 is 38.1. The quantitative estimate of drug-likeness (QED) is 0.640. The van der Waals surface area contributed by atoms with Gasteiger partial charge in [0.2, 0.25) is 5.91 Å². The number of H-pyrrole nitrogens is 1. The number of amides is 1. The lowest BCUT2D eigenvalue weighted by molar-refractivity contribution is -0.134. The van der Waals surface area contributed by atoms with E-state index >= 15 is 0 Å². The maximum absolute atomic E-state index is 12.7. The molecule has 8 heteroatoms. The number of halogens is 3. The summed E-state index contributed by atoms with van der Waals surface area (Å²) in [4.78, 5) is 20.0. The van der Waals surface area contributed by atoms with Crippen molar-refractivity contribution in [2.24, 2.45) is 5.92 Å². The van der Waals surface area contributed by atoms with Gasteiger partial charge in [-0.15, -0.1) is 11.3 Å². The van der Waals surface area contributed by atoms with Gasteiger partial charge in [-0.25, -0.2) is 4.98 Å². The molecular weight excluding hydrogens is 375 g/mol. The van der Waals surface area contributed by atoms with Gasteiger partial charge in [0.25, 0.3) is 0 Å². The van der Waals surface area contributed by atoms with Crippen LogP contribution >= 0.6 is 11.3 Å². The first-order valence-corrected chi connectivity index (χ1v) is 9.54. The highest BCUT2D eigenvalue weighted by atomic mass is 32.1. The molecule has 0 bridgehead atoms. The summed E-state index contributed by atoms with van der Waals surface area (Å²) in [6.45, 7) is 1.70. The van der Waals surface area contributed by atoms with Crippen molar-refractivity contribution < 1.29 is 18.0 Å². The summed E-state index contributed by atoms with van der Waals surface area (Å²) in [6.07, 6.45) is -3.11. The second-order valence-electron chi connectivity index (χ2n) is 6.93. The number of aromatic amines is 1. The number of carbonyl (C=O) groups is 1. The van der Waals surface area contributed by atoms with Crippen molar-refractivity contribution in [2.75, 3.05) is 0 Å². The fraction of sp³-hybridized carbons (Fsp3) is 0.368. The minimum absolute atomic E-state index is 0.145. The molecule has 1 fully saturated rings. The number of carbonyl (C=O) groups excluding carboxylic acids is 1. The minimum atomic E-state index is -4.35. The molecule has 4 rings (SSSR count). The second-order valence-corrected chi connectivity index (χ2v) is 8.05.